The zero-order chi connectivity index (χ0) is 27.2. The van der Waals surface area contributed by atoms with Gasteiger partial charge in [0.05, 0.1) is 23.7 Å². The molecular weight excluding hydrogens is 516 g/mol. The molecule has 1 amide bonds. The van der Waals surface area contributed by atoms with E-state index in [9.17, 15) is 22.8 Å². The molecule has 0 saturated carbocycles. The normalized spacial score (nSPS) is 11.3. The number of nitrogens with one attached hydrogen (secondary N) is 1. The molecule has 2 aromatic carbocycles. The molecule has 0 aliphatic carbocycles. The Labute approximate surface area is 220 Å². The van der Waals surface area contributed by atoms with Crippen LogP contribution < -0.4 is 5.32 Å². The van der Waals surface area contributed by atoms with E-state index in [1.54, 1.807) is 20.8 Å². The standard InChI is InChI=1S/C26H28N2O7S2/c1-5-34-25(30)21-17(3)22(26(31)35-6-2)36-24(21)27-23(29)19-12-14-20(15-13-19)37(32,33)28(4)16-18-10-8-7-9-11-18/h7-15H,5-6,16H2,1-4H3,(H,27,29). The lowest BCUT2D eigenvalue weighted by molar-refractivity contribution is 0.0527. The summed E-state index contributed by atoms with van der Waals surface area (Å²) in [7, 11) is -2.30. The average Bonchev–Trinajstić information content (AvgIpc) is 3.20. The van der Waals surface area contributed by atoms with Crippen molar-refractivity contribution in [3.63, 3.8) is 0 Å². The van der Waals surface area contributed by atoms with Crippen molar-refractivity contribution in [2.75, 3.05) is 25.6 Å². The first-order valence-electron chi connectivity index (χ1n) is 11.5. The summed E-state index contributed by atoms with van der Waals surface area (Å²) in [6.45, 7) is 5.36. The average molecular weight is 545 g/mol. The van der Waals surface area contributed by atoms with Crippen molar-refractivity contribution in [2.24, 2.45) is 0 Å². The fourth-order valence-corrected chi connectivity index (χ4v) is 5.74. The smallest absolute Gasteiger partial charge is 0.348 e. The van der Waals surface area contributed by atoms with Crippen molar-refractivity contribution in [1.29, 1.82) is 0 Å². The predicted octanol–water partition coefficient (Wildman–Crippen LogP) is 4.48. The summed E-state index contributed by atoms with van der Waals surface area (Å²) in [5, 5.41) is 2.79. The van der Waals surface area contributed by atoms with Crippen LogP contribution in [0.15, 0.2) is 59.5 Å². The highest BCUT2D eigenvalue weighted by atomic mass is 32.2. The summed E-state index contributed by atoms with van der Waals surface area (Å²) in [4.78, 5) is 38.1. The van der Waals surface area contributed by atoms with E-state index in [0.29, 0.717) is 5.56 Å². The highest BCUT2D eigenvalue weighted by Crippen LogP contribution is 2.34. The van der Waals surface area contributed by atoms with Gasteiger partial charge in [0.15, 0.2) is 0 Å². The van der Waals surface area contributed by atoms with Crippen LogP contribution in [0.2, 0.25) is 0 Å². The highest BCUT2D eigenvalue weighted by molar-refractivity contribution is 7.89. The third-order valence-electron chi connectivity index (χ3n) is 5.39. The molecule has 0 radical (unpaired) electrons. The Kier molecular flexibility index (Phi) is 9.19. The van der Waals surface area contributed by atoms with Crippen LogP contribution in [0.5, 0.6) is 0 Å². The number of rotatable bonds is 10. The van der Waals surface area contributed by atoms with Crippen LogP contribution in [0.25, 0.3) is 0 Å². The second kappa shape index (κ2) is 12.1. The van der Waals surface area contributed by atoms with Crippen LogP contribution in [0, 0.1) is 6.92 Å². The maximum atomic E-state index is 13.0. The number of ether oxygens (including phenoxy) is 2. The summed E-state index contributed by atoms with van der Waals surface area (Å²) in [6.07, 6.45) is 0. The van der Waals surface area contributed by atoms with Crippen LogP contribution in [0.4, 0.5) is 5.00 Å². The monoisotopic (exact) mass is 544 g/mol. The number of nitrogens with zero attached hydrogens (tertiary/aromatic N) is 1. The topological polar surface area (TPSA) is 119 Å². The van der Waals surface area contributed by atoms with Crippen LogP contribution in [0.3, 0.4) is 0 Å². The van der Waals surface area contributed by atoms with Gasteiger partial charge in [0.25, 0.3) is 5.91 Å². The van der Waals surface area contributed by atoms with Gasteiger partial charge in [0.2, 0.25) is 10.0 Å². The van der Waals surface area contributed by atoms with Gasteiger partial charge in [-0.1, -0.05) is 30.3 Å². The molecule has 0 atom stereocenters. The first-order valence-corrected chi connectivity index (χ1v) is 13.7. The van der Waals surface area contributed by atoms with Crippen molar-refractivity contribution < 1.29 is 32.3 Å². The van der Waals surface area contributed by atoms with Gasteiger partial charge < -0.3 is 14.8 Å². The molecule has 0 bridgehead atoms. The second-order valence-corrected chi connectivity index (χ2v) is 11.0. The molecule has 1 N–H and O–H groups in total. The minimum absolute atomic E-state index is 0.0336. The predicted molar refractivity (Wildman–Crippen MR) is 140 cm³/mol. The lowest BCUT2D eigenvalue weighted by atomic mass is 10.1. The first kappa shape index (κ1) is 28.0. The number of carbonyl (C=O) groups is 3. The minimum Gasteiger partial charge on any atom is -0.462 e. The number of carbonyl (C=O) groups excluding carboxylic acids is 3. The van der Waals surface area contributed by atoms with E-state index in [4.69, 9.17) is 9.47 Å². The Balaban J connectivity index is 1.83. The number of sulfonamides is 1. The second-order valence-electron chi connectivity index (χ2n) is 7.93. The zero-order valence-corrected chi connectivity index (χ0v) is 22.6. The molecule has 0 aliphatic rings. The number of hydrogen-bond donors (Lipinski definition) is 1. The van der Waals surface area contributed by atoms with Crippen LogP contribution in [0.1, 0.15) is 55.4 Å². The Bertz CT molecular complexity index is 1380. The SMILES string of the molecule is CCOC(=O)c1sc(NC(=O)c2ccc(S(=O)(=O)N(C)Cc3ccccc3)cc2)c(C(=O)OCC)c1C. The quantitative estimate of drug-likeness (QED) is 0.374. The largest absolute Gasteiger partial charge is 0.462 e. The van der Waals surface area contributed by atoms with Gasteiger partial charge in [-0.15, -0.1) is 11.3 Å². The van der Waals surface area contributed by atoms with Gasteiger partial charge >= 0.3 is 11.9 Å². The highest BCUT2D eigenvalue weighted by Gasteiger charge is 2.28. The van der Waals surface area contributed by atoms with Gasteiger partial charge in [-0.2, -0.15) is 4.31 Å². The summed E-state index contributed by atoms with van der Waals surface area (Å²) in [6, 6.07) is 14.7. The van der Waals surface area contributed by atoms with Crippen LogP contribution >= 0.6 is 11.3 Å². The number of hydrogen-bond acceptors (Lipinski definition) is 8. The van der Waals surface area contributed by atoms with Crippen molar-refractivity contribution in [3.05, 3.63) is 81.7 Å². The van der Waals surface area contributed by atoms with E-state index in [-0.39, 0.29) is 45.7 Å². The molecule has 0 fully saturated rings. The number of benzene rings is 2. The molecule has 3 aromatic rings. The Hall–Kier alpha value is -3.54. The third kappa shape index (κ3) is 6.43. The molecule has 37 heavy (non-hydrogen) atoms. The number of esters is 2. The van der Waals surface area contributed by atoms with Gasteiger partial charge in [0.1, 0.15) is 9.88 Å². The molecular formula is C26H28N2O7S2. The number of thiophene rings is 1. The Morgan fingerprint density at radius 1 is 0.919 bits per heavy atom. The fraction of sp³-hybridized carbons (Fsp3) is 0.269. The van der Waals surface area contributed by atoms with Crippen molar-refractivity contribution >= 4 is 44.2 Å². The fourth-order valence-electron chi connectivity index (χ4n) is 3.50. The molecule has 0 aliphatic heterocycles. The lowest BCUT2D eigenvalue weighted by Crippen LogP contribution is -2.26. The minimum atomic E-state index is -3.79. The Morgan fingerprint density at radius 2 is 1.51 bits per heavy atom. The van der Waals surface area contributed by atoms with E-state index in [2.05, 4.69) is 5.32 Å². The van der Waals surface area contributed by atoms with E-state index in [1.807, 2.05) is 30.3 Å². The molecule has 0 unspecified atom stereocenters. The number of amides is 1. The molecule has 1 aromatic heterocycles. The molecule has 0 spiro atoms. The van der Waals surface area contributed by atoms with Crippen molar-refractivity contribution in [3.8, 4) is 0 Å². The van der Waals surface area contributed by atoms with Crippen LogP contribution in [-0.4, -0.2) is 50.8 Å². The number of anilines is 1. The van der Waals surface area contributed by atoms with E-state index < -0.39 is 27.9 Å². The molecule has 3 rings (SSSR count). The Morgan fingerprint density at radius 3 is 2.11 bits per heavy atom. The summed E-state index contributed by atoms with van der Waals surface area (Å²) in [5.74, 6) is -1.86. The third-order valence-corrected chi connectivity index (χ3v) is 8.39. The van der Waals surface area contributed by atoms with Gasteiger partial charge in [-0.3, -0.25) is 4.79 Å². The van der Waals surface area contributed by atoms with Crippen molar-refractivity contribution in [2.45, 2.75) is 32.2 Å². The molecule has 0 saturated heterocycles. The molecule has 196 valence electrons. The van der Waals surface area contributed by atoms with Gasteiger partial charge in [0, 0.05) is 19.2 Å². The van der Waals surface area contributed by atoms with E-state index in [0.717, 1.165) is 16.9 Å². The van der Waals surface area contributed by atoms with Crippen LogP contribution in [-0.2, 0) is 26.0 Å². The maximum absolute atomic E-state index is 13.0. The summed E-state index contributed by atoms with van der Waals surface area (Å²) < 4.78 is 37.3. The van der Waals surface area contributed by atoms with E-state index >= 15 is 0 Å². The van der Waals surface area contributed by atoms with Crippen molar-refractivity contribution in [1.82, 2.24) is 4.31 Å². The van der Waals surface area contributed by atoms with Gasteiger partial charge in [-0.25, -0.2) is 18.0 Å². The summed E-state index contributed by atoms with van der Waals surface area (Å²) in [5.41, 5.74) is 1.43. The van der Waals surface area contributed by atoms with E-state index in [1.165, 1.54) is 35.6 Å². The molecule has 9 nitrogen and oxygen atoms in total. The van der Waals surface area contributed by atoms with Gasteiger partial charge in [-0.05, 0) is 56.2 Å². The molecule has 1 heterocycles. The zero-order valence-electron chi connectivity index (χ0n) is 20.9. The lowest BCUT2D eigenvalue weighted by Gasteiger charge is -2.17. The maximum Gasteiger partial charge on any atom is 0.348 e. The molecule has 11 heteroatoms. The summed E-state index contributed by atoms with van der Waals surface area (Å²) >= 11 is 0.914. The first-order chi connectivity index (χ1) is 17.6.